The van der Waals surface area contributed by atoms with Crippen LogP contribution in [0.25, 0.3) is 0 Å². The molecule has 0 aliphatic carbocycles. The normalized spacial score (nSPS) is 18.1. The van der Waals surface area contributed by atoms with Gasteiger partial charge in [-0.25, -0.2) is 9.97 Å². The van der Waals surface area contributed by atoms with E-state index in [1.807, 2.05) is 102 Å². The smallest absolute Gasteiger partial charge is 0.274 e. The lowest BCUT2D eigenvalue weighted by Gasteiger charge is -2.27. The molecule has 3 atom stereocenters. The monoisotopic (exact) mass is 1010 g/mol. The Balaban J connectivity index is 0.756. The lowest BCUT2D eigenvalue weighted by molar-refractivity contribution is 0.101. The first-order valence-electron chi connectivity index (χ1n) is 25.2. The fraction of sp³-hybridized carbons (Fsp3) is 0.321. The van der Waals surface area contributed by atoms with Gasteiger partial charge in [0.25, 0.3) is 11.8 Å². The number of rotatable bonds is 17. The van der Waals surface area contributed by atoms with Gasteiger partial charge >= 0.3 is 0 Å². The summed E-state index contributed by atoms with van der Waals surface area (Å²) < 4.78 is 16.2. The molecule has 2 amide bonds. The number of amides is 2. The van der Waals surface area contributed by atoms with Gasteiger partial charge in [-0.3, -0.25) is 30.2 Å². The number of nitrogens with one attached hydrogen (secondary N) is 3. The molecule has 2 aromatic carbocycles. The van der Waals surface area contributed by atoms with Gasteiger partial charge < -0.3 is 33.7 Å². The van der Waals surface area contributed by atoms with E-state index in [4.69, 9.17) is 24.4 Å². The Kier molecular flexibility index (Phi) is 14.3. The second kappa shape index (κ2) is 21.8. The van der Waals surface area contributed by atoms with Crippen LogP contribution in [0.3, 0.4) is 0 Å². The molecule has 3 saturated heterocycles. The maximum atomic E-state index is 13.9. The van der Waals surface area contributed by atoms with E-state index in [2.05, 4.69) is 78.6 Å². The van der Waals surface area contributed by atoms with Gasteiger partial charge in [0.2, 0.25) is 0 Å². The second-order valence-corrected chi connectivity index (χ2v) is 20.9. The zero-order chi connectivity index (χ0) is 49.7. The molecule has 6 aromatic heterocycles. The molecule has 0 saturated carbocycles. The molecule has 0 radical (unpaired) electrons. The molecule has 9 heterocycles. The average molecular weight is 1010 g/mol. The summed E-state index contributed by atoms with van der Waals surface area (Å²) in [5.41, 5.74) is 8.22. The van der Waals surface area contributed by atoms with Gasteiger partial charge in [0.15, 0.2) is 10.3 Å². The number of piperidine rings is 1. The van der Waals surface area contributed by atoms with E-state index in [-0.39, 0.29) is 42.0 Å². The van der Waals surface area contributed by atoms with Gasteiger partial charge in [-0.1, -0.05) is 0 Å². The molecule has 3 aliphatic heterocycles. The predicted octanol–water partition coefficient (Wildman–Crippen LogP) is 10.6. The van der Waals surface area contributed by atoms with Crippen LogP contribution in [0.4, 0.5) is 21.6 Å². The number of thiazole rings is 2. The Labute approximate surface area is 433 Å². The molecule has 0 spiro atoms. The van der Waals surface area contributed by atoms with Crippen LogP contribution < -0.4 is 35.2 Å². The maximum Gasteiger partial charge on any atom is 0.274 e. The third kappa shape index (κ3) is 11.2. The van der Waals surface area contributed by atoms with E-state index in [1.54, 1.807) is 12.4 Å². The topological polar surface area (TPSA) is 157 Å². The average Bonchev–Trinajstić information content (AvgIpc) is 4.28. The third-order valence-electron chi connectivity index (χ3n) is 13.9. The van der Waals surface area contributed by atoms with Gasteiger partial charge in [0.1, 0.15) is 29.0 Å². The van der Waals surface area contributed by atoms with Crippen molar-refractivity contribution in [1.29, 1.82) is 0 Å². The molecule has 3 N–H and O–H groups in total. The van der Waals surface area contributed by atoms with Crippen LogP contribution in [0.5, 0.6) is 11.5 Å². The second-order valence-electron chi connectivity index (χ2n) is 19.2. The zero-order valence-corrected chi connectivity index (χ0v) is 42.6. The summed E-state index contributed by atoms with van der Waals surface area (Å²) in [4.78, 5) is 51.4. The molecule has 73 heavy (non-hydrogen) atoms. The highest BCUT2D eigenvalue weighted by Gasteiger charge is 2.37. The van der Waals surface area contributed by atoms with E-state index in [0.717, 1.165) is 103 Å². The van der Waals surface area contributed by atoms with Crippen molar-refractivity contribution in [2.45, 2.75) is 89.3 Å². The minimum absolute atomic E-state index is 0.0623. The highest BCUT2D eigenvalue weighted by molar-refractivity contribution is 7.14. The number of ether oxygens (including phenoxy) is 2. The number of carbonyl (C=O) groups excluding carboxylic acids is 2. The van der Waals surface area contributed by atoms with E-state index in [0.29, 0.717) is 41.3 Å². The third-order valence-corrected chi connectivity index (χ3v) is 15.4. The van der Waals surface area contributed by atoms with Gasteiger partial charge in [-0.15, -0.1) is 22.7 Å². The van der Waals surface area contributed by atoms with Crippen molar-refractivity contribution < 1.29 is 19.1 Å². The van der Waals surface area contributed by atoms with Crippen LogP contribution in [0, 0.1) is 0 Å². The fourth-order valence-corrected chi connectivity index (χ4v) is 11.8. The summed E-state index contributed by atoms with van der Waals surface area (Å²) in [7, 11) is 0. The Morgan fingerprint density at radius 1 is 0.699 bits per heavy atom. The summed E-state index contributed by atoms with van der Waals surface area (Å²) in [6, 6.07) is 32.3. The Hall–Kier alpha value is -7.34. The quantitative estimate of drug-likeness (QED) is 0.0798. The summed E-state index contributed by atoms with van der Waals surface area (Å²) in [5.74, 6) is 1.38. The number of hydrogen-bond acceptors (Lipinski definition) is 13. The summed E-state index contributed by atoms with van der Waals surface area (Å²) in [6.07, 6.45) is 14.4. The molecule has 15 nitrogen and oxygen atoms in total. The van der Waals surface area contributed by atoms with E-state index >= 15 is 0 Å². The Morgan fingerprint density at radius 2 is 1.30 bits per heavy atom. The number of nitrogens with zero attached hydrogens (tertiary/aromatic N) is 8. The largest absolute Gasteiger partial charge is 0.491 e. The molecule has 374 valence electrons. The zero-order valence-electron chi connectivity index (χ0n) is 41.0. The molecule has 0 bridgehead atoms. The molecular formula is C56H59N11O4S2. The standard InChI is InChI=1S/C56H59N11O4S2/c1-37(2)70-43-13-11-42(12-14-43)67-34-40(31-52(67)48-36-73-56(61-48)63-53(68)50-7-3-27-64(50)32-38-17-22-57-23-18-38)46-30-39(19-26-59-46)33-65-28-4-8-51(65)54(69)62-55-60-47(35-72-55)49-6-5-29-66(49)41-9-15-44(16-10-41)71-45-20-24-58-25-21-45/h3-4,7-19,22-23,26-28,30,35-37,40,45,49,52,58H,5-6,20-21,24-25,29,31-34H2,1-2H3,(H,60,62,69)(H,61,63,68)/t40?,49-,52-/m1/s1. The molecule has 17 heteroatoms. The van der Waals surface area contributed by atoms with Crippen molar-refractivity contribution in [1.82, 2.24) is 34.4 Å². The van der Waals surface area contributed by atoms with Crippen molar-refractivity contribution in [2.75, 3.05) is 46.6 Å². The lowest BCUT2D eigenvalue weighted by Crippen LogP contribution is -2.34. The molecular weight excluding hydrogens is 955 g/mol. The van der Waals surface area contributed by atoms with Crippen LogP contribution in [0.2, 0.25) is 0 Å². The van der Waals surface area contributed by atoms with E-state index < -0.39 is 0 Å². The Morgan fingerprint density at radius 3 is 1.96 bits per heavy atom. The first-order chi connectivity index (χ1) is 35.8. The summed E-state index contributed by atoms with van der Waals surface area (Å²) in [6.45, 7) is 8.74. The Bertz CT molecular complexity index is 3130. The molecule has 11 rings (SSSR count). The fourth-order valence-electron chi connectivity index (χ4n) is 10.3. The van der Waals surface area contributed by atoms with Crippen molar-refractivity contribution in [3.63, 3.8) is 0 Å². The number of aromatic nitrogens is 6. The minimum atomic E-state index is -0.216. The van der Waals surface area contributed by atoms with Gasteiger partial charge in [-0.05, 0) is 167 Å². The van der Waals surface area contributed by atoms with Gasteiger partial charge in [0, 0.05) is 90.9 Å². The van der Waals surface area contributed by atoms with Crippen LogP contribution in [-0.2, 0) is 13.1 Å². The number of carbonyl (C=O) groups is 2. The highest BCUT2D eigenvalue weighted by Crippen LogP contribution is 2.44. The molecule has 3 aliphatic rings. The number of benzene rings is 2. The number of anilines is 4. The summed E-state index contributed by atoms with van der Waals surface area (Å²) >= 11 is 2.89. The van der Waals surface area contributed by atoms with Crippen LogP contribution in [-0.4, -0.2) is 79.3 Å². The van der Waals surface area contributed by atoms with Crippen LogP contribution >= 0.6 is 22.7 Å². The first kappa shape index (κ1) is 48.0. The van der Waals surface area contributed by atoms with Crippen molar-refractivity contribution >= 4 is 56.1 Å². The molecule has 1 unspecified atom stereocenters. The highest BCUT2D eigenvalue weighted by atomic mass is 32.1. The number of hydrogen-bond donors (Lipinski definition) is 3. The first-order valence-corrected chi connectivity index (χ1v) is 27.0. The SMILES string of the molecule is CC(C)Oc1ccc(N2CC(c3cc(Cn4cccc4C(=O)Nc4nc([C@H]5CCCN5c5ccc(OC6CCNCC6)cc5)cs4)ccn3)C[C@@H]2c2csc(NC(=O)c3cccn3Cc3ccncc3)n2)cc1. The lowest BCUT2D eigenvalue weighted by atomic mass is 9.99. The van der Waals surface area contributed by atoms with Gasteiger partial charge in [0.05, 0.1) is 29.6 Å². The maximum absolute atomic E-state index is 13.9. The minimum Gasteiger partial charge on any atom is -0.491 e. The number of pyridine rings is 2. The van der Waals surface area contributed by atoms with Crippen molar-refractivity contribution in [3.05, 3.63) is 178 Å². The van der Waals surface area contributed by atoms with Crippen LogP contribution in [0.15, 0.2) is 139 Å². The van der Waals surface area contributed by atoms with E-state index in [1.165, 1.54) is 22.7 Å². The molecule has 3 fully saturated rings. The van der Waals surface area contributed by atoms with Crippen molar-refractivity contribution in [2.24, 2.45) is 0 Å². The van der Waals surface area contributed by atoms with Gasteiger partial charge in [-0.2, -0.15) is 0 Å². The van der Waals surface area contributed by atoms with Crippen LogP contribution in [0.1, 0.15) is 113 Å². The van der Waals surface area contributed by atoms with E-state index in [9.17, 15) is 9.59 Å². The molecule has 8 aromatic rings. The van der Waals surface area contributed by atoms with Crippen molar-refractivity contribution in [3.8, 4) is 11.5 Å². The summed E-state index contributed by atoms with van der Waals surface area (Å²) in [5, 5.41) is 14.8. The predicted molar refractivity (Wildman–Crippen MR) is 288 cm³/mol.